The van der Waals surface area contributed by atoms with Crippen molar-refractivity contribution in [2.24, 2.45) is 0 Å². The molecule has 2 heterocycles. The second-order valence-electron chi connectivity index (χ2n) is 3.91. The van der Waals surface area contributed by atoms with Gasteiger partial charge in [0.15, 0.2) is 0 Å². The summed E-state index contributed by atoms with van der Waals surface area (Å²) in [6, 6.07) is 1.73. The van der Waals surface area contributed by atoms with Crippen LogP contribution in [0.2, 0.25) is 0 Å². The Morgan fingerprint density at radius 3 is 2.72 bits per heavy atom. The summed E-state index contributed by atoms with van der Waals surface area (Å²) in [5, 5.41) is 11.2. The van der Waals surface area contributed by atoms with Crippen molar-refractivity contribution in [1.29, 1.82) is 0 Å². The Bertz CT molecular complexity index is 507. The maximum absolute atomic E-state index is 11.8. The van der Waals surface area contributed by atoms with Crippen molar-refractivity contribution in [2.45, 2.75) is 25.9 Å². The number of nitrogens with zero attached hydrogens (tertiary/aromatic N) is 1. The van der Waals surface area contributed by atoms with Crippen molar-refractivity contribution in [1.82, 2.24) is 10.2 Å². The largest absolute Gasteiger partial charge is 0.475 e. The van der Waals surface area contributed by atoms with Crippen LogP contribution in [0.3, 0.4) is 0 Å². The Hall–Kier alpha value is -2.31. The van der Waals surface area contributed by atoms with Gasteiger partial charge in [-0.05, 0) is 18.6 Å². The average molecular weight is 252 g/mol. The molecular formula is C11H12N2O5. The molecule has 96 valence electrons. The number of amides is 3. The fourth-order valence-electron chi connectivity index (χ4n) is 1.74. The number of aromatic carboxylic acids is 1. The average Bonchev–Trinajstić information content (AvgIpc) is 2.89. The molecule has 0 aliphatic carbocycles. The highest BCUT2D eigenvalue weighted by Crippen LogP contribution is 2.15. The fourth-order valence-corrected chi connectivity index (χ4v) is 1.74. The first-order valence-corrected chi connectivity index (χ1v) is 5.46. The molecular weight excluding hydrogens is 240 g/mol. The lowest BCUT2D eigenvalue weighted by atomic mass is 10.2. The SMILES string of the molecule is CCC1NC(=O)N(Cc2ccc(C(=O)O)o2)C1=O. The summed E-state index contributed by atoms with van der Waals surface area (Å²) in [5.41, 5.74) is 0. The molecule has 1 unspecified atom stereocenters. The number of hydrogen-bond donors (Lipinski definition) is 2. The van der Waals surface area contributed by atoms with E-state index in [1.54, 1.807) is 6.92 Å². The van der Waals surface area contributed by atoms with Crippen LogP contribution in [-0.2, 0) is 11.3 Å². The third-order valence-electron chi connectivity index (χ3n) is 2.70. The van der Waals surface area contributed by atoms with Crippen LogP contribution in [-0.4, -0.2) is 34.0 Å². The molecule has 0 saturated carbocycles. The van der Waals surface area contributed by atoms with Crippen molar-refractivity contribution in [3.05, 3.63) is 23.7 Å². The molecule has 18 heavy (non-hydrogen) atoms. The number of carboxylic acid groups (broad SMARTS) is 1. The Balaban J connectivity index is 2.11. The molecule has 2 rings (SSSR count). The second kappa shape index (κ2) is 4.52. The first-order chi connectivity index (χ1) is 8.52. The predicted molar refractivity (Wildman–Crippen MR) is 58.8 cm³/mol. The summed E-state index contributed by atoms with van der Waals surface area (Å²) in [5.74, 6) is -1.47. The molecule has 0 spiro atoms. The molecule has 1 saturated heterocycles. The summed E-state index contributed by atoms with van der Waals surface area (Å²) >= 11 is 0. The van der Waals surface area contributed by atoms with Gasteiger partial charge in [-0.15, -0.1) is 0 Å². The van der Waals surface area contributed by atoms with Crippen LogP contribution in [0.5, 0.6) is 0 Å². The zero-order chi connectivity index (χ0) is 13.3. The second-order valence-corrected chi connectivity index (χ2v) is 3.91. The number of furan rings is 1. The molecule has 0 aromatic carbocycles. The van der Waals surface area contributed by atoms with E-state index in [1.165, 1.54) is 12.1 Å². The van der Waals surface area contributed by atoms with Gasteiger partial charge in [0.25, 0.3) is 5.91 Å². The van der Waals surface area contributed by atoms with Crippen molar-refractivity contribution in [3.8, 4) is 0 Å². The summed E-state index contributed by atoms with van der Waals surface area (Å²) in [7, 11) is 0. The lowest BCUT2D eigenvalue weighted by molar-refractivity contribution is -0.128. The number of imide groups is 1. The van der Waals surface area contributed by atoms with Crippen LogP contribution in [0.15, 0.2) is 16.5 Å². The number of hydrogen-bond acceptors (Lipinski definition) is 4. The summed E-state index contributed by atoms with van der Waals surface area (Å²) in [4.78, 5) is 34.9. The number of urea groups is 1. The number of carbonyl (C=O) groups is 3. The van der Waals surface area contributed by atoms with E-state index in [2.05, 4.69) is 5.32 Å². The first-order valence-electron chi connectivity index (χ1n) is 5.46. The molecule has 1 aromatic rings. The Labute approximate surface area is 102 Å². The molecule has 1 aliphatic rings. The van der Waals surface area contributed by atoms with Gasteiger partial charge in [-0.3, -0.25) is 9.69 Å². The number of carboxylic acids is 1. The van der Waals surface area contributed by atoms with E-state index >= 15 is 0 Å². The van der Waals surface area contributed by atoms with Gasteiger partial charge in [0.1, 0.15) is 11.8 Å². The maximum Gasteiger partial charge on any atom is 0.371 e. The number of carbonyl (C=O) groups excluding carboxylic acids is 2. The highest BCUT2D eigenvalue weighted by atomic mass is 16.4. The van der Waals surface area contributed by atoms with E-state index in [4.69, 9.17) is 9.52 Å². The van der Waals surface area contributed by atoms with Gasteiger partial charge < -0.3 is 14.8 Å². The van der Waals surface area contributed by atoms with Gasteiger partial charge in [0.2, 0.25) is 5.76 Å². The Morgan fingerprint density at radius 2 is 2.22 bits per heavy atom. The zero-order valence-electron chi connectivity index (χ0n) is 9.67. The van der Waals surface area contributed by atoms with Crippen LogP contribution in [0.25, 0.3) is 0 Å². The standard InChI is InChI=1S/C11H12N2O5/c1-2-7-9(14)13(11(17)12-7)5-6-3-4-8(18-6)10(15)16/h3-4,7H,2,5H2,1H3,(H,12,17)(H,15,16). The number of rotatable bonds is 4. The normalized spacial score (nSPS) is 19.2. The number of nitrogens with one attached hydrogen (secondary N) is 1. The van der Waals surface area contributed by atoms with E-state index < -0.39 is 18.0 Å². The minimum absolute atomic E-state index is 0.0611. The maximum atomic E-state index is 11.8. The highest BCUT2D eigenvalue weighted by molar-refractivity contribution is 6.04. The van der Waals surface area contributed by atoms with Crippen molar-refractivity contribution in [3.63, 3.8) is 0 Å². The van der Waals surface area contributed by atoms with Crippen molar-refractivity contribution >= 4 is 17.9 Å². The van der Waals surface area contributed by atoms with Crippen LogP contribution < -0.4 is 5.32 Å². The monoisotopic (exact) mass is 252 g/mol. The summed E-state index contributed by atoms with van der Waals surface area (Å²) < 4.78 is 5.00. The predicted octanol–water partition coefficient (Wildman–Crippen LogP) is 0.808. The van der Waals surface area contributed by atoms with Crippen LogP contribution in [0.4, 0.5) is 4.79 Å². The fraction of sp³-hybridized carbons (Fsp3) is 0.364. The molecule has 7 heteroatoms. The molecule has 3 amide bonds. The van der Waals surface area contributed by atoms with Gasteiger partial charge in [-0.2, -0.15) is 0 Å². The van der Waals surface area contributed by atoms with Crippen LogP contribution in [0, 0.1) is 0 Å². The van der Waals surface area contributed by atoms with E-state index in [-0.39, 0.29) is 24.0 Å². The van der Waals surface area contributed by atoms with E-state index in [9.17, 15) is 14.4 Å². The van der Waals surface area contributed by atoms with Gasteiger partial charge in [0, 0.05) is 0 Å². The highest BCUT2D eigenvalue weighted by Gasteiger charge is 2.37. The van der Waals surface area contributed by atoms with E-state index in [0.29, 0.717) is 6.42 Å². The molecule has 1 atom stereocenters. The molecule has 1 aromatic heterocycles. The van der Waals surface area contributed by atoms with Gasteiger partial charge in [-0.25, -0.2) is 9.59 Å². The lowest BCUT2D eigenvalue weighted by Crippen LogP contribution is -2.30. The van der Waals surface area contributed by atoms with Crippen molar-refractivity contribution < 1.29 is 23.9 Å². The molecule has 0 bridgehead atoms. The third-order valence-corrected chi connectivity index (χ3v) is 2.70. The zero-order valence-corrected chi connectivity index (χ0v) is 9.67. The quantitative estimate of drug-likeness (QED) is 0.772. The topological polar surface area (TPSA) is 99.8 Å². The van der Waals surface area contributed by atoms with Crippen LogP contribution >= 0.6 is 0 Å². The lowest BCUT2D eigenvalue weighted by Gasteiger charge is -2.10. The smallest absolute Gasteiger partial charge is 0.371 e. The molecule has 2 N–H and O–H groups in total. The molecule has 1 fully saturated rings. The van der Waals surface area contributed by atoms with Gasteiger partial charge >= 0.3 is 12.0 Å². The van der Waals surface area contributed by atoms with Gasteiger partial charge in [0.05, 0.1) is 6.54 Å². The Morgan fingerprint density at radius 1 is 1.50 bits per heavy atom. The van der Waals surface area contributed by atoms with Crippen LogP contribution in [0.1, 0.15) is 29.7 Å². The molecule has 7 nitrogen and oxygen atoms in total. The Kier molecular flexibility index (Phi) is 3.05. The molecule has 0 radical (unpaired) electrons. The first kappa shape index (κ1) is 12.2. The van der Waals surface area contributed by atoms with Crippen molar-refractivity contribution in [2.75, 3.05) is 0 Å². The third kappa shape index (κ3) is 2.06. The summed E-state index contributed by atoms with van der Waals surface area (Å²) in [6.07, 6.45) is 0.513. The molecule has 1 aliphatic heterocycles. The van der Waals surface area contributed by atoms with Gasteiger partial charge in [-0.1, -0.05) is 6.92 Å². The minimum atomic E-state index is -1.19. The van der Waals surface area contributed by atoms with E-state index in [0.717, 1.165) is 4.90 Å². The van der Waals surface area contributed by atoms with E-state index in [1.807, 2.05) is 0 Å². The minimum Gasteiger partial charge on any atom is -0.475 e. The summed E-state index contributed by atoms with van der Waals surface area (Å²) in [6.45, 7) is 1.73.